The monoisotopic (exact) mass is 286 g/mol. The molecule has 2 aromatic rings. The summed E-state index contributed by atoms with van der Waals surface area (Å²) in [7, 11) is 0. The van der Waals surface area contributed by atoms with Gasteiger partial charge < -0.3 is 14.4 Å². The topological polar surface area (TPSA) is 66.6 Å². The summed E-state index contributed by atoms with van der Waals surface area (Å²) in [4.78, 5) is 18.3. The van der Waals surface area contributed by atoms with E-state index in [9.17, 15) is 4.79 Å². The molecule has 0 bridgehead atoms. The first-order valence-corrected chi connectivity index (χ1v) is 7.14. The molecule has 110 valence electrons. The molecule has 0 radical (unpaired) electrons. The van der Waals surface area contributed by atoms with E-state index in [0.29, 0.717) is 24.7 Å². The molecule has 1 amide bonds. The molecule has 5 nitrogen and oxygen atoms in total. The fourth-order valence-electron chi connectivity index (χ4n) is 2.58. The third-order valence-corrected chi connectivity index (χ3v) is 3.80. The molecule has 1 N–H and O–H groups in total. The first-order chi connectivity index (χ1) is 10.3. The Morgan fingerprint density at radius 3 is 2.90 bits per heavy atom. The molecule has 1 aromatic heterocycles. The van der Waals surface area contributed by atoms with Crippen LogP contribution in [0.1, 0.15) is 12.1 Å². The van der Waals surface area contributed by atoms with Gasteiger partial charge in [-0.15, -0.1) is 0 Å². The van der Waals surface area contributed by atoms with E-state index in [1.807, 2.05) is 30.3 Å². The fourth-order valence-corrected chi connectivity index (χ4v) is 2.58. The van der Waals surface area contributed by atoms with Gasteiger partial charge in [0.15, 0.2) is 0 Å². The van der Waals surface area contributed by atoms with E-state index in [-0.39, 0.29) is 24.9 Å². The van der Waals surface area contributed by atoms with E-state index in [2.05, 4.69) is 4.98 Å². The van der Waals surface area contributed by atoms with Crippen LogP contribution < -0.4 is 0 Å². The van der Waals surface area contributed by atoms with Crippen LogP contribution in [0.2, 0.25) is 0 Å². The van der Waals surface area contributed by atoms with Crippen LogP contribution in [0.25, 0.3) is 11.5 Å². The average molecular weight is 286 g/mol. The molecule has 1 fully saturated rings. The molecule has 1 saturated heterocycles. The van der Waals surface area contributed by atoms with Crippen molar-refractivity contribution in [3.63, 3.8) is 0 Å². The maximum Gasteiger partial charge on any atom is 0.228 e. The van der Waals surface area contributed by atoms with Crippen molar-refractivity contribution in [1.82, 2.24) is 9.88 Å². The predicted molar refractivity (Wildman–Crippen MR) is 77.4 cm³/mol. The van der Waals surface area contributed by atoms with E-state index in [4.69, 9.17) is 9.52 Å². The van der Waals surface area contributed by atoms with E-state index in [1.54, 1.807) is 11.2 Å². The van der Waals surface area contributed by atoms with Gasteiger partial charge in [-0.3, -0.25) is 4.79 Å². The number of benzene rings is 1. The first kappa shape index (κ1) is 13.8. The highest BCUT2D eigenvalue weighted by molar-refractivity contribution is 5.78. The lowest BCUT2D eigenvalue weighted by molar-refractivity contribution is -0.129. The zero-order chi connectivity index (χ0) is 14.7. The minimum Gasteiger partial charge on any atom is -0.444 e. The second-order valence-corrected chi connectivity index (χ2v) is 5.36. The van der Waals surface area contributed by atoms with E-state index in [0.717, 1.165) is 12.0 Å². The van der Waals surface area contributed by atoms with Crippen molar-refractivity contribution in [1.29, 1.82) is 0 Å². The lowest BCUT2D eigenvalue weighted by Crippen LogP contribution is -2.30. The highest BCUT2D eigenvalue weighted by atomic mass is 16.3. The summed E-state index contributed by atoms with van der Waals surface area (Å²) in [5.74, 6) is 0.790. The number of carbonyl (C=O) groups is 1. The van der Waals surface area contributed by atoms with Crippen molar-refractivity contribution in [3.05, 3.63) is 42.3 Å². The molecule has 1 aromatic carbocycles. The van der Waals surface area contributed by atoms with Crippen LogP contribution in [0.4, 0.5) is 0 Å². The average Bonchev–Trinajstić information content (AvgIpc) is 3.17. The molecule has 21 heavy (non-hydrogen) atoms. The van der Waals surface area contributed by atoms with E-state index in [1.165, 1.54) is 0 Å². The summed E-state index contributed by atoms with van der Waals surface area (Å²) < 4.78 is 5.43. The number of likely N-dealkylation sites (tertiary alicyclic amines) is 1. The van der Waals surface area contributed by atoms with Gasteiger partial charge >= 0.3 is 0 Å². The van der Waals surface area contributed by atoms with Crippen LogP contribution in [0.5, 0.6) is 0 Å². The number of hydrogen-bond acceptors (Lipinski definition) is 4. The SMILES string of the molecule is O=C(Cc1coc(-c2ccccc2)n1)N1CCC(CO)C1. The molecule has 1 unspecified atom stereocenters. The Morgan fingerprint density at radius 2 is 2.19 bits per heavy atom. The summed E-state index contributed by atoms with van der Waals surface area (Å²) >= 11 is 0. The van der Waals surface area contributed by atoms with Crippen LogP contribution in [0, 0.1) is 5.92 Å². The van der Waals surface area contributed by atoms with Gasteiger partial charge in [0.25, 0.3) is 0 Å². The fraction of sp³-hybridized carbons (Fsp3) is 0.375. The van der Waals surface area contributed by atoms with Crippen LogP contribution in [0.15, 0.2) is 41.0 Å². The molecule has 5 heteroatoms. The predicted octanol–water partition coefficient (Wildman–Crippen LogP) is 1.72. The number of hydrogen-bond donors (Lipinski definition) is 1. The summed E-state index contributed by atoms with van der Waals surface area (Å²) in [5, 5.41) is 9.12. The molecular formula is C16H18N2O3. The van der Waals surface area contributed by atoms with Gasteiger partial charge in [0.05, 0.1) is 12.1 Å². The van der Waals surface area contributed by atoms with Gasteiger partial charge in [0.1, 0.15) is 6.26 Å². The molecule has 1 atom stereocenters. The van der Waals surface area contributed by atoms with Crippen molar-refractivity contribution < 1.29 is 14.3 Å². The smallest absolute Gasteiger partial charge is 0.228 e. The van der Waals surface area contributed by atoms with Crippen LogP contribution in [-0.2, 0) is 11.2 Å². The van der Waals surface area contributed by atoms with E-state index >= 15 is 0 Å². The normalized spacial score (nSPS) is 18.1. The van der Waals surface area contributed by atoms with Crippen molar-refractivity contribution in [3.8, 4) is 11.5 Å². The van der Waals surface area contributed by atoms with Gasteiger partial charge in [-0.1, -0.05) is 18.2 Å². The van der Waals surface area contributed by atoms with Gasteiger partial charge in [-0.2, -0.15) is 0 Å². The van der Waals surface area contributed by atoms with E-state index < -0.39 is 0 Å². The van der Waals surface area contributed by atoms with Crippen molar-refractivity contribution in [2.45, 2.75) is 12.8 Å². The number of aromatic nitrogens is 1. The largest absolute Gasteiger partial charge is 0.444 e. The van der Waals surface area contributed by atoms with Crippen LogP contribution >= 0.6 is 0 Å². The van der Waals surface area contributed by atoms with Crippen molar-refractivity contribution >= 4 is 5.91 Å². The summed E-state index contributed by atoms with van der Waals surface area (Å²) in [5.41, 5.74) is 1.55. The molecule has 0 spiro atoms. The zero-order valence-electron chi connectivity index (χ0n) is 11.7. The highest BCUT2D eigenvalue weighted by Crippen LogP contribution is 2.20. The Morgan fingerprint density at radius 1 is 1.38 bits per heavy atom. The minimum atomic E-state index is 0.0406. The molecule has 3 rings (SSSR count). The second-order valence-electron chi connectivity index (χ2n) is 5.36. The maximum atomic E-state index is 12.2. The molecule has 0 aliphatic carbocycles. The van der Waals surface area contributed by atoms with Crippen LogP contribution in [0.3, 0.4) is 0 Å². The molecule has 1 aliphatic heterocycles. The number of carbonyl (C=O) groups excluding carboxylic acids is 1. The van der Waals surface area contributed by atoms with Crippen molar-refractivity contribution in [2.24, 2.45) is 5.92 Å². The highest BCUT2D eigenvalue weighted by Gasteiger charge is 2.26. The van der Waals surface area contributed by atoms with Gasteiger partial charge in [0.2, 0.25) is 11.8 Å². The van der Waals surface area contributed by atoms with Crippen molar-refractivity contribution in [2.75, 3.05) is 19.7 Å². The number of amides is 1. The maximum absolute atomic E-state index is 12.2. The Balaban J connectivity index is 1.64. The first-order valence-electron chi connectivity index (χ1n) is 7.14. The van der Waals surface area contributed by atoms with Gasteiger partial charge in [0, 0.05) is 31.2 Å². The lowest BCUT2D eigenvalue weighted by atomic mass is 10.1. The second kappa shape index (κ2) is 6.10. The zero-order valence-corrected chi connectivity index (χ0v) is 11.7. The summed E-state index contributed by atoms with van der Waals surface area (Å²) in [6.07, 6.45) is 2.66. The Labute approximate surface area is 123 Å². The lowest BCUT2D eigenvalue weighted by Gasteiger charge is -2.15. The molecule has 2 heterocycles. The molecular weight excluding hydrogens is 268 g/mol. The number of oxazole rings is 1. The number of nitrogens with zero attached hydrogens (tertiary/aromatic N) is 2. The third kappa shape index (κ3) is 3.13. The summed E-state index contributed by atoms with van der Waals surface area (Å²) in [6, 6.07) is 9.61. The quantitative estimate of drug-likeness (QED) is 0.929. The molecule has 0 saturated carbocycles. The Hall–Kier alpha value is -2.14. The van der Waals surface area contributed by atoms with Crippen LogP contribution in [-0.4, -0.2) is 40.6 Å². The number of aliphatic hydroxyl groups excluding tert-OH is 1. The molecule has 1 aliphatic rings. The van der Waals surface area contributed by atoms with Gasteiger partial charge in [-0.05, 0) is 18.6 Å². The third-order valence-electron chi connectivity index (χ3n) is 3.80. The Kier molecular flexibility index (Phi) is 4.01. The number of aliphatic hydroxyl groups is 1. The standard InChI is InChI=1S/C16H18N2O3/c19-10-12-6-7-18(9-12)15(20)8-14-11-21-16(17-14)13-4-2-1-3-5-13/h1-5,11-12,19H,6-10H2. The number of rotatable bonds is 4. The van der Waals surface area contributed by atoms with Gasteiger partial charge in [-0.25, -0.2) is 4.98 Å². The summed E-state index contributed by atoms with van der Waals surface area (Å²) in [6.45, 7) is 1.50. The minimum absolute atomic E-state index is 0.0406. The Bertz CT molecular complexity index is 609.